The van der Waals surface area contributed by atoms with Gasteiger partial charge in [-0.2, -0.15) is 0 Å². The second kappa shape index (κ2) is 13.3. The molecule has 0 bridgehead atoms. The van der Waals surface area contributed by atoms with Gasteiger partial charge in [-0.15, -0.1) is 0 Å². The third-order valence-corrected chi connectivity index (χ3v) is 7.54. The van der Waals surface area contributed by atoms with Crippen molar-refractivity contribution in [1.82, 2.24) is 5.32 Å². The summed E-state index contributed by atoms with van der Waals surface area (Å²) < 4.78 is 23.7. The van der Waals surface area contributed by atoms with E-state index in [-0.39, 0.29) is 12.0 Å². The first-order chi connectivity index (χ1) is 19.1. The number of β-amino-alcohol motifs (C(OH)–C–C–N with tert-alkyl or cyclic N) is 1. The summed E-state index contributed by atoms with van der Waals surface area (Å²) in [5.41, 5.74) is 4.49. The minimum Gasteiger partial charge on any atom is -0.490 e. The van der Waals surface area contributed by atoms with Gasteiger partial charge in [0.25, 0.3) is 0 Å². The first kappa shape index (κ1) is 27.5. The zero-order valence-electron chi connectivity index (χ0n) is 23.0. The van der Waals surface area contributed by atoms with Crippen molar-refractivity contribution >= 4 is 5.69 Å². The van der Waals surface area contributed by atoms with E-state index in [9.17, 15) is 5.11 Å². The maximum Gasteiger partial charge on any atom is 0.142 e. The third-order valence-electron chi connectivity index (χ3n) is 7.54. The fourth-order valence-electron chi connectivity index (χ4n) is 5.44. The number of nitrogens with zero attached hydrogens (tertiary/aromatic N) is 1. The number of methoxy groups -OCH3 is 1. The van der Waals surface area contributed by atoms with Crippen molar-refractivity contribution in [2.75, 3.05) is 51.4 Å². The van der Waals surface area contributed by atoms with Crippen LogP contribution in [-0.4, -0.2) is 63.8 Å². The van der Waals surface area contributed by atoms with Gasteiger partial charge in [-0.25, -0.2) is 0 Å². The minimum absolute atomic E-state index is 0.129. The largest absolute Gasteiger partial charge is 0.490 e. The van der Waals surface area contributed by atoms with E-state index in [4.69, 9.17) is 18.9 Å². The molecular formula is C32H40N2O5. The average Bonchev–Trinajstić information content (AvgIpc) is 2.97. The SMILES string of the molecule is CCc1cccc(Oc2ccc([C@H]3[C@H](O)CNC[C@@H]3OCc3ccc4c(c3)N(CCCOC)CCO4)cc2)c1. The summed E-state index contributed by atoms with van der Waals surface area (Å²) in [7, 11) is 1.74. The molecule has 39 heavy (non-hydrogen) atoms. The van der Waals surface area contributed by atoms with Gasteiger partial charge in [0.15, 0.2) is 0 Å². The van der Waals surface area contributed by atoms with Crippen molar-refractivity contribution in [2.24, 2.45) is 0 Å². The topological polar surface area (TPSA) is 72.4 Å². The molecule has 0 spiro atoms. The van der Waals surface area contributed by atoms with Gasteiger partial charge in [0, 0.05) is 39.3 Å². The quantitative estimate of drug-likeness (QED) is 0.340. The lowest BCUT2D eigenvalue weighted by Gasteiger charge is -2.36. The van der Waals surface area contributed by atoms with Crippen molar-refractivity contribution in [3.05, 3.63) is 83.4 Å². The number of anilines is 1. The van der Waals surface area contributed by atoms with Gasteiger partial charge in [0.1, 0.15) is 23.9 Å². The van der Waals surface area contributed by atoms with Crippen LogP contribution in [-0.2, 0) is 22.5 Å². The van der Waals surface area contributed by atoms with E-state index in [0.29, 0.717) is 26.3 Å². The van der Waals surface area contributed by atoms with Gasteiger partial charge in [0.2, 0.25) is 0 Å². The fourth-order valence-corrected chi connectivity index (χ4v) is 5.44. The Bertz CT molecular complexity index is 1200. The number of rotatable bonds is 11. The van der Waals surface area contributed by atoms with Gasteiger partial charge < -0.3 is 34.3 Å². The Kier molecular flexibility index (Phi) is 9.37. The number of aryl methyl sites for hydroxylation is 1. The monoisotopic (exact) mass is 532 g/mol. The maximum atomic E-state index is 10.9. The van der Waals surface area contributed by atoms with Crippen LogP contribution < -0.4 is 19.7 Å². The highest BCUT2D eigenvalue weighted by Gasteiger charge is 2.34. The van der Waals surface area contributed by atoms with Crippen molar-refractivity contribution < 1.29 is 24.1 Å². The van der Waals surface area contributed by atoms with E-state index < -0.39 is 6.10 Å². The summed E-state index contributed by atoms with van der Waals surface area (Å²) >= 11 is 0. The molecule has 0 saturated carbocycles. The molecule has 5 rings (SSSR count). The molecule has 3 atom stereocenters. The number of hydrogen-bond donors (Lipinski definition) is 2. The predicted octanol–water partition coefficient (Wildman–Crippen LogP) is 4.91. The first-order valence-corrected chi connectivity index (χ1v) is 14.0. The van der Waals surface area contributed by atoms with Crippen LogP contribution >= 0.6 is 0 Å². The molecule has 3 aromatic rings. The molecule has 0 amide bonds. The number of ether oxygens (including phenoxy) is 4. The summed E-state index contributed by atoms with van der Waals surface area (Å²) in [6.07, 6.45) is 1.24. The lowest BCUT2D eigenvalue weighted by atomic mass is 9.85. The molecule has 7 nitrogen and oxygen atoms in total. The van der Waals surface area contributed by atoms with Crippen molar-refractivity contribution in [3.63, 3.8) is 0 Å². The molecule has 3 aromatic carbocycles. The summed E-state index contributed by atoms with van der Waals surface area (Å²) in [6, 6.07) is 22.5. The summed E-state index contributed by atoms with van der Waals surface area (Å²) in [6.45, 7) is 7.05. The van der Waals surface area contributed by atoms with E-state index in [1.54, 1.807) is 7.11 Å². The zero-order chi connectivity index (χ0) is 27.0. The van der Waals surface area contributed by atoms with Crippen LogP contribution in [0.5, 0.6) is 17.2 Å². The third kappa shape index (κ3) is 6.92. The van der Waals surface area contributed by atoms with Gasteiger partial charge in [0.05, 0.1) is 31.0 Å². The fraction of sp³-hybridized carbons (Fsp3) is 0.438. The molecule has 1 fully saturated rings. The van der Waals surface area contributed by atoms with Crippen LogP contribution in [0.25, 0.3) is 0 Å². The molecule has 2 aliphatic rings. The second-order valence-corrected chi connectivity index (χ2v) is 10.3. The van der Waals surface area contributed by atoms with Crippen molar-refractivity contribution in [2.45, 2.75) is 44.5 Å². The molecule has 1 saturated heterocycles. The van der Waals surface area contributed by atoms with Crippen molar-refractivity contribution in [1.29, 1.82) is 0 Å². The van der Waals surface area contributed by atoms with E-state index in [2.05, 4.69) is 41.4 Å². The number of aliphatic hydroxyl groups is 1. The highest BCUT2D eigenvalue weighted by Crippen LogP contribution is 2.34. The average molecular weight is 533 g/mol. The van der Waals surface area contributed by atoms with Crippen LogP contribution in [0, 0.1) is 0 Å². The van der Waals surface area contributed by atoms with Crippen molar-refractivity contribution in [3.8, 4) is 17.2 Å². The van der Waals surface area contributed by atoms with Crippen LogP contribution in [0.3, 0.4) is 0 Å². The molecule has 208 valence electrons. The summed E-state index contributed by atoms with van der Waals surface area (Å²) in [5, 5.41) is 14.3. The molecule has 0 radical (unpaired) electrons. The molecule has 0 aromatic heterocycles. The van der Waals surface area contributed by atoms with Gasteiger partial charge in [-0.05, 0) is 65.9 Å². The Labute approximate surface area is 231 Å². The number of benzene rings is 3. The number of hydrogen-bond acceptors (Lipinski definition) is 7. The molecule has 2 aliphatic heterocycles. The normalized spacial score (nSPS) is 20.8. The van der Waals surface area contributed by atoms with Gasteiger partial charge in [-0.3, -0.25) is 0 Å². The minimum atomic E-state index is -0.537. The van der Waals surface area contributed by atoms with E-state index in [0.717, 1.165) is 66.6 Å². The molecular weight excluding hydrogens is 492 g/mol. The van der Waals surface area contributed by atoms with Crippen LogP contribution in [0.1, 0.15) is 36.0 Å². The lowest BCUT2D eigenvalue weighted by Crippen LogP contribution is -2.49. The highest BCUT2D eigenvalue weighted by molar-refractivity contribution is 5.61. The Morgan fingerprint density at radius 3 is 2.69 bits per heavy atom. The molecule has 0 aliphatic carbocycles. The second-order valence-electron chi connectivity index (χ2n) is 10.3. The first-order valence-electron chi connectivity index (χ1n) is 14.0. The highest BCUT2D eigenvalue weighted by atomic mass is 16.5. The maximum absolute atomic E-state index is 10.9. The zero-order valence-corrected chi connectivity index (χ0v) is 23.0. The Hall–Kier alpha value is -3.10. The van der Waals surface area contributed by atoms with Gasteiger partial charge >= 0.3 is 0 Å². The Morgan fingerprint density at radius 2 is 1.87 bits per heavy atom. The van der Waals surface area contributed by atoms with E-state index >= 15 is 0 Å². The van der Waals surface area contributed by atoms with Crippen LogP contribution in [0.2, 0.25) is 0 Å². The standard InChI is InChI=1S/C32H40N2O5/c1-3-23-6-4-7-27(18-23)39-26-11-9-25(10-12-26)32-29(35)20-33-21-31(32)38-22-24-8-13-30-28(19-24)34(15-17-37-30)14-5-16-36-2/h4,6-13,18-19,29,31-33,35H,3,5,14-17,20-22H2,1-2H3/t29-,31+,32+/m1/s1. The van der Waals surface area contributed by atoms with Crippen LogP contribution in [0.4, 0.5) is 5.69 Å². The smallest absolute Gasteiger partial charge is 0.142 e. The lowest BCUT2D eigenvalue weighted by molar-refractivity contribution is -0.0328. The van der Waals surface area contributed by atoms with Crippen LogP contribution in [0.15, 0.2) is 66.7 Å². The number of aliphatic hydroxyl groups excluding tert-OH is 1. The Balaban J connectivity index is 1.25. The molecule has 0 unspecified atom stereocenters. The molecule has 2 N–H and O–H groups in total. The number of piperidine rings is 1. The molecule has 2 heterocycles. The van der Waals surface area contributed by atoms with E-state index in [1.165, 1.54) is 5.56 Å². The Morgan fingerprint density at radius 1 is 1.00 bits per heavy atom. The van der Waals surface area contributed by atoms with E-state index in [1.807, 2.05) is 42.5 Å². The summed E-state index contributed by atoms with van der Waals surface area (Å²) in [5.74, 6) is 2.39. The van der Waals surface area contributed by atoms with Gasteiger partial charge in [-0.1, -0.05) is 37.3 Å². The molecule has 7 heteroatoms. The number of nitrogens with one attached hydrogen (secondary N) is 1. The number of fused-ring (bicyclic) bond motifs is 1. The predicted molar refractivity (Wildman–Crippen MR) is 153 cm³/mol. The summed E-state index contributed by atoms with van der Waals surface area (Å²) in [4.78, 5) is 2.36.